The lowest BCUT2D eigenvalue weighted by molar-refractivity contribution is -0.136. The maximum Gasteiger partial charge on any atom is 0.340 e. The maximum absolute atomic E-state index is 11.5. The van der Waals surface area contributed by atoms with Crippen molar-refractivity contribution >= 4 is 22.9 Å². The molecule has 4 nitrogen and oxygen atoms in total. The van der Waals surface area contributed by atoms with E-state index in [1.807, 2.05) is 0 Å². The van der Waals surface area contributed by atoms with Gasteiger partial charge < -0.3 is 10.5 Å². The Labute approximate surface area is 87.7 Å². The fourth-order valence-electron chi connectivity index (χ4n) is 1.46. The lowest BCUT2D eigenvalue weighted by Gasteiger charge is -2.04. The van der Waals surface area contributed by atoms with Crippen molar-refractivity contribution in [2.24, 2.45) is 0 Å². The summed E-state index contributed by atoms with van der Waals surface area (Å²) in [6, 6.07) is 5.27. The number of nitrogens with two attached hydrogens (primary N) is 1. The fourth-order valence-corrected chi connectivity index (χ4v) is 1.46. The Morgan fingerprint density at radius 2 is 2.33 bits per heavy atom. The van der Waals surface area contributed by atoms with Gasteiger partial charge in [0.05, 0.1) is 17.9 Å². The molecule has 0 aliphatic carbocycles. The van der Waals surface area contributed by atoms with E-state index in [1.165, 1.54) is 6.20 Å². The van der Waals surface area contributed by atoms with Gasteiger partial charge >= 0.3 is 5.97 Å². The SMILES string of the molecule is CCOC(=O)C1=C[N]c2ccc(N)cc21. The molecule has 2 N–H and O–H groups in total. The number of nitrogens with zero attached hydrogens (tertiary/aromatic N) is 1. The maximum atomic E-state index is 11.5. The van der Waals surface area contributed by atoms with Crippen LogP contribution in [-0.4, -0.2) is 12.6 Å². The quantitative estimate of drug-likeness (QED) is 0.584. The highest BCUT2D eigenvalue weighted by Crippen LogP contribution is 2.32. The van der Waals surface area contributed by atoms with Crippen molar-refractivity contribution in [3.63, 3.8) is 0 Å². The molecule has 1 aliphatic rings. The van der Waals surface area contributed by atoms with E-state index in [9.17, 15) is 4.79 Å². The van der Waals surface area contributed by atoms with Crippen molar-refractivity contribution in [1.82, 2.24) is 5.32 Å². The van der Waals surface area contributed by atoms with Gasteiger partial charge in [-0.2, -0.15) is 0 Å². The number of carbonyl (C=O) groups excluding carboxylic acids is 1. The van der Waals surface area contributed by atoms with Crippen molar-refractivity contribution in [3.05, 3.63) is 30.0 Å². The minimum atomic E-state index is -0.356. The van der Waals surface area contributed by atoms with Gasteiger partial charge in [0.1, 0.15) is 0 Å². The zero-order chi connectivity index (χ0) is 10.8. The second-order valence-electron chi connectivity index (χ2n) is 3.17. The third-order valence-corrected chi connectivity index (χ3v) is 2.14. The van der Waals surface area contributed by atoms with Crippen LogP contribution in [0.4, 0.5) is 11.4 Å². The van der Waals surface area contributed by atoms with Gasteiger partial charge in [-0.1, -0.05) is 0 Å². The van der Waals surface area contributed by atoms with Crippen molar-refractivity contribution in [2.45, 2.75) is 6.92 Å². The first kappa shape index (κ1) is 9.58. The number of fused-ring (bicyclic) bond motifs is 1. The number of benzene rings is 1. The molecule has 0 aromatic heterocycles. The lowest BCUT2D eigenvalue weighted by Crippen LogP contribution is -2.05. The highest BCUT2D eigenvalue weighted by Gasteiger charge is 2.22. The van der Waals surface area contributed by atoms with Gasteiger partial charge in [0.15, 0.2) is 0 Å². The van der Waals surface area contributed by atoms with Crippen molar-refractivity contribution in [2.75, 3.05) is 12.3 Å². The number of rotatable bonds is 2. The summed E-state index contributed by atoms with van der Waals surface area (Å²) in [5.74, 6) is -0.356. The average molecular weight is 203 g/mol. The molecule has 1 aliphatic heterocycles. The van der Waals surface area contributed by atoms with Gasteiger partial charge in [0, 0.05) is 17.5 Å². The van der Waals surface area contributed by atoms with Crippen LogP contribution in [-0.2, 0) is 9.53 Å². The number of carbonyl (C=O) groups is 1. The number of hydrogen-bond acceptors (Lipinski definition) is 3. The minimum Gasteiger partial charge on any atom is -0.462 e. The van der Waals surface area contributed by atoms with Crippen LogP contribution < -0.4 is 11.1 Å². The molecular formula is C11H11N2O2. The first-order chi connectivity index (χ1) is 7.22. The van der Waals surface area contributed by atoms with E-state index in [2.05, 4.69) is 5.32 Å². The van der Waals surface area contributed by atoms with Crippen molar-refractivity contribution in [1.29, 1.82) is 0 Å². The molecule has 0 saturated heterocycles. The van der Waals surface area contributed by atoms with Gasteiger partial charge in [-0.15, -0.1) is 0 Å². The van der Waals surface area contributed by atoms with Gasteiger partial charge in [0.25, 0.3) is 0 Å². The van der Waals surface area contributed by atoms with Gasteiger partial charge in [-0.05, 0) is 25.1 Å². The predicted octanol–water partition coefficient (Wildman–Crippen LogP) is 1.42. The predicted molar refractivity (Wildman–Crippen MR) is 57.3 cm³/mol. The Kier molecular flexibility index (Phi) is 2.33. The number of ether oxygens (including phenoxy) is 1. The van der Waals surface area contributed by atoms with Gasteiger partial charge in [-0.25, -0.2) is 4.79 Å². The summed E-state index contributed by atoms with van der Waals surface area (Å²) in [5, 5.41) is 4.11. The third-order valence-electron chi connectivity index (χ3n) is 2.14. The van der Waals surface area contributed by atoms with Crippen molar-refractivity contribution < 1.29 is 9.53 Å². The van der Waals surface area contributed by atoms with Crippen LogP contribution in [0.5, 0.6) is 0 Å². The van der Waals surface area contributed by atoms with E-state index in [4.69, 9.17) is 10.5 Å². The van der Waals surface area contributed by atoms with Crippen LogP contribution in [0.15, 0.2) is 24.4 Å². The third kappa shape index (κ3) is 1.66. The van der Waals surface area contributed by atoms with Crippen LogP contribution in [0.1, 0.15) is 12.5 Å². The number of nitrogen functional groups attached to an aromatic ring is 1. The molecule has 1 aromatic carbocycles. The Morgan fingerprint density at radius 3 is 3.07 bits per heavy atom. The summed E-state index contributed by atoms with van der Waals surface area (Å²) in [6.45, 7) is 2.12. The first-order valence-electron chi connectivity index (χ1n) is 4.70. The molecule has 0 bridgehead atoms. The molecule has 2 rings (SSSR count). The zero-order valence-electron chi connectivity index (χ0n) is 8.36. The van der Waals surface area contributed by atoms with Crippen LogP contribution >= 0.6 is 0 Å². The molecule has 0 atom stereocenters. The van der Waals surface area contributed by atoms with Crippen LogP contribution in [0, 0.1) is 0 Å². The van der Waals surface area contributed by atoms with Gasteiger partial charge in [-0.3, -0.25) is 5.32 Å². The largest absolute Gasteiger partial charge is 0.462 e. The normalized spacial score (nSPS) is 12.7. The molecule has 0 fully saturated rings. The second kappa shape index (κ2) is 3.65. The summed E-state index contributed by atoms with van der Waals surface area (Å²) >= 11 is 0. The van der Waals surface area contributed by atoms with E-state index in [0.29, 0.717) is 17.9 Å². The lowest BCUT2D eigenvalue weighted by atomic mass is 10.1. The smallest absolute Gasteiger partial charge is 0.340 e. The number of hydrogen-bond donors (Lipinski definition) is 1. The molecule has 1 aromatic rings. The highest BCUT2D eigenvalue weighted by atomic mass is 16.5. The van der Waals surface area contributed by atoms with E-state index in [1.54, 1.807) is 25.1 Å². The Balaban J connectivity index is 2.33. The van der Waals surface area contributed by atoms with Gasteiger partial charge in [0.2, 0.25) is 0 Å². The van der Waals surface area contributed by atoms with Crippen LogP contribution in [0.2, 0.25) is 0 Å². The van der Waals surface area contributed by atoms with E-state index in [-0.39, 0.29) is 5.97 Å². The molecular weight excluding hydrogens is 192 g/mol. The van der Waals surface area contributed by atoms with E-state index in [0.717, 1.165) is 11.3 Å². The van der Waals surface area contributed by atoms with Crippen LogP contribution in [0.25, 0.3) is 5.57 Å². The Morgan fingerprint density at radius 1 is 1.53 bits per heavy atom. The molecule has 0 amide bonds. The standard InChI is InChI=1S/C11H11N2O2/c1-2-15-11(14)9-6-13-10-4-3-7(12)5-8(9)10/h3-6H,2,12H2,1H3. The highest BCUT2D eigenvalue weighted by molar-refractivity contribution is 6.19. The number of anilines is 1. The minimum absolute atomic E-state index is 0.355. The topological polar surface area (TPSA) is 66.4 Å². The molecule has 1 radical (unpaired) electrons. The fraction of sp³-hybridized carbons (Fsp3) is 0.182. The van der Waals surface area contributed by atoms with Crippen LogP contribution in [0.3, 0.4) is 0 Å². The van der Waals surface area contributed by atoms with Crippen molar-refractivity contribution in [3.8, 4) is 0 Å². The molecule has 0 spiro atoms. The second-order valence-corrected chi connectivity index (χ2v) is 3.17. The first-order valence-corrected chi connectivity index (χ1v) is 4.70. The monoisotopic (exact) mass is 203 g/mol. The molecule has 4 heteroatoms. The number of esters is 1. The van der Waals surface area contributed by atoms with E-state index < -0.39 is 0 Å². The molecule has 0 unspecified atom stereocenters. The molecule has 77 valence electrons. The zero-order valence-corrected chi connectivity index (χ0v) is 8.36. The summed E-state index contributed by atoms with van der Waals surface area (Å²) in [4.78, 5) is 11.5. The summed E-state index contributed by atoms with van der Waals surface area (Å²) in [5.41, 5.74) is 8.23. The molecule has 1 heterocycles. The summed E-state index contributed by atoms with van der Waals surface area (Å²) < 4.78 is 4.91. The average Bonchev–Trinajstić information content (AvgIpc) is 2.60. The summed E-state index contributed by atoms with van der Waals surface area (Å²) in [7, 11) is 0. The Hall–Kier alpha value is -1.97. The molecule has 15 heavy (non-hydrogen) atoms. The summed E-state index contributed by atoms with van der Waals surface area (Å²) in [6.07, 6.45) is 1.52. The molecule has 0 saturated carbocycles. The van der Waals surface area contributed by atoms with E-state index >= 15 is 0 Å². The Bertz CT molecular complexity index is 438.